The summed E-state index contributed by atoms with van der Waals surface area (Å²) in [4.78, 5) is 27.3. The quantitative estimate of drug-likeness (QED) is 0.808. The molecule has 5 heteroatoms. The molecular weight excluding hydrogens is 360 g/mol. The van der Waals surface area contributed by atoms with E-state index in [1.165, 1.54) is 0 Å². The number of nitrogens with one attached hydrogen (secondary N) is 1. The van der Waals surface area contributed by atoms with Gasteiger partial charge in [-0.15, -0.1) is 0 Å². The molecular formula is C22H27ClN2O2. The number of nitrogens with zero attached hydrogens (tertiary/aromatic N) is 1. The van der Waals surface area contributed by atoms with E-state index in [-0.39, 0.29) is 30.3 Å². The van der Waals surface area contributed by atoms with Crippen LogP contribution in [0.25, 0.3) is 0 Å². The largest absolute Gasteiger partial charge is 0.350 e. The molecule has 0 heterocycles. The second kappa shape index (κ2) is 9.05. The smallest absolute Gasteiger partial charge is 0.242 e. The summed E-state index contributed by atoms with van der Waals surface area (Å²) in [7, 11) is 0. The Morgan fingerprint density at radius 1 is 1.04 bits per heavy atom. The number of carbonyl (C=O) groups is 2. The van der Waals surface area contributed by atoms with Gasteiger partial charge in [0.05, 0.1) is 6.42 Å². The molecule has 4 nitrogen and oxygen atoms in total. The van der Waals surface area contributed by atoms with Gasteiger partial charge < -0.3 is 10.2 Å². The molecule has 0 saturated carbocycles. The normalized spacial score (nSPS) is 12.3. The fourth-order valence-corrected chi connectivity index (χ4v) is 2.93. The first-order valence-corrected chi connectivity index (χ1v) is 9.44. The lowest BCUT2D eigenvalue weighted by Crippen LogP contribution is -2.52. The Labute approximate surface area is 166 Å². The fourth-order valence-electron chi connectivity index (χ4n) is 2.74. The van der Waals surface area contributed by atoms with Crippen molar-refractivity contribution in [2.24, 2.45) is 0 Å². The highest BCUT2D eigenvalue weighted by Crippen LogP contribution is 2.19. The van der Waals surface area contributed by atoms with Gasteiger partial charge in [0.2, 0.25) is 11.8 Å². The van der Waals surface area contributed by atoms with Crippen LogP contribution in [0.15, 0.2) is 54.6 Å². The lowest BCUT2D eigenvalue weighted by atomic mass is 10.1. The van der Waals surface area contributed by atoms with E-state index in [4.69, 9.17) is 11.6 Å². The molecule has 2 aromatic carbocycles. The molecule has 0 aromatic heterocycles. The highest BCUT2D eigenvalue weighted by Gasteiger charge is 2.28. The van der Waals surface area contributed by atoms with Crippen molar-refractivity contribution in [1.29, 1.82) is 0 Å². The van der Waals surface area contributed by atoms with Gasteiger partial charge in [-0.1, -0.05) is 60.1 Å². The van der Waals surface area contributed by atoms with Gasteiger partial charge in [0.1, 0.15) is 6.04 Å². The Hall–Kier alpha value is -2.33. The average molecular weight is 387 g/mol. The van der Waals surface area contributed by atoms with Crippen LogP contribution in [0.3, 0.4) is 0 Å². The molecule has 1 atom stereocenters. The van der Waals surface area contributed by atoms with Crippen LogP contribution in [0.1, 0.15) is 38.8 Å². The van der Waals surface area contributed by atoms with E-state index in [1.54, 1.807) is 17.9 Å². The lowest BCUT2D eigenvalue weighted by Gasteiger charge is -2.31. The topological polar surface area (TPSA) is 49.4 Å². The van der Waals surface area contributed by atoms with Crippen molar-refractivity contribution in [3.63, 3.8) is 0 Å². The number of hydrogen-bond donors (Lipinski definition) is 1. The molecule has 1 N–H and O–H groups in total. The fraction of sp³-hybridized carbons (Fsp3) is 0.364. The molecule has 0 unspecified atom stereocenters. The second-order valence-corrected chi connectivity index (χ2v) is 8.10. The third kappa shape index (κ3) is 6.40. The monoisotopic (exact) mass is 386 g/mol. The molecule has 2 rings (SSSR count). The predicted molar refractivity (Wildman–Crippen MR) is 110 cm³/mol. The van der Waals surface area contributed by atoms with Crippen LogP contribution < -0.4 is 5.32 Å². The van der Waals surface area contributed by atoms with Crippen LogP contribution in [0.2, 0.25) is 5.02 Å². The summed E-state index contributed by atoms with van der Waals surface area (Å²) in [6, 6.07) is 16.3. The molecule has 0 saturated heterocycles. The van der Waals surface area contributed by atoms with E-state index in [9.17, 15) is 9.59 Å². The number of carbonyl (C=O) groups excluding carboxylic acids is 2. The van der Waals surface area contributed by atoms with Gasteiger partial charge in [-0.2, -0.15) is 0 Å². The molecule has 27 heavy (non-hydrogen) atoms. The highest BCUT2D eigenvalue weighted by atomic mass is 35.5. The van der Waals surface area contributed by atoms with E-state index in [1.807, 2.05) is 69.3 Å². The molecule has 0 fully saturated rings. The molecule has 2 aromatic rings. The maximum absolute atomic E-state index is 13.0. The van der Waals surface area contributed by atoms with Gasteiger partial charge in [0, 0.05) is 17.1 Å². The van der Waals surface area contributed by atoms with E-state index in [2.05, 4.69) is 5.32 Å². The maximum atomic E-state index is 13.0. The Morgan fingerprint density at radius 2 is 1.63 bits per heavy atom. The Bertz CT molecular complexity index is 784. The minimum absolute atomic E-state index is 0.113. The summed E-state index contributed by atoms with van der Waals surface area (Å²) in [5.74, 6) is -0.298. The minimum atomic E-state index is -0.614. The lowest BCUT2D eigenvalue weighted by molar-refractivity contribution is -0.140. The van der Waals surface area contributed by atoms with Crippen molar-refractivity contribution >= 4 is 23.4 Å². The van der Waals surface area contributed by atoms with Gasteiger partial charge in [0.25, 0.3) is 0 Å². The summed E-state index contributed by atoms with van der Waals surface area (Å²) in [6.07, 6.45) is 0.235. The average Bonchev–Trinajstić information content (AvgIpc) is 2.59. The number of hydrogen-bond acceptors (Lipinski definition) is 2. The van der Waals surface area contributed by atoms with Crippen molar-refractivity contribution in [1.82, 2.24) is 10.2 Å². The van der Waals surface area contributed by atoms with Gasteiger partial charge in [-0.25, -0.2) is 0 Å². The molecule has 0 aliphatic heterocycles. The van der Waals surface area contributed by atoms with E-state index < -0.39 is 6.04 Å². The van der Waals surface area contributed by atoms with Crippen LogP contribution in [0.4, 0.5) is 0 Å². The van der Waals surface area contributed by atoms with Crippen LogP contribution in [-0.2, 0) is 22.6 Å². The zero-order chi connectivity index (χ0) is 20.0. The Kier molecular flexibility index (Phi) is 7.03. The molecule has 0 aliphatic rings. The molecule has 0 radical (unpaired) electrons. The van der Waals surface area contributed by atoms with Crippen molar-refractivity contribution in [2.45, 2.75) is 52.2 Å². The predicted octanol–water partition coefficient (Wildman–Crippen LogP) is 4.21. The SMILES string of the molecule is C[C@@H](C(=O)NC(C)(C)C)N(Cc1ccccc1Cl)C(=O)Cc1ccccc1. The maximum Gasteiger partial charge on any atom is 0.242 e. The summed E-state index contributed by atoms with van der Waals surface area (Å²) in [5, 5.41) is 3.53. The Morgan fingerprint density at radius 3 is 2.22 bits per heavy atom. The second-order valence-electron chi connectivity index (χ2n) is 7.69. The van der Waals surface area contributed by atoms with Crippen LogP contribution in [0, 0.1) is 0 Å². The van der Waals surface area contributed by atoms with Gasteiger partial charge in [0.15, 0.2) is 0 Å². The van der Waals surface area contributed by atoms with Crippen molar-refractivity contribution in [3.05, 3.63) is 70.7 Å². The van der Waals surface area contributed by atoms with Gasteiger partial charge in [-0.05, 0) is 44.9 Å². The summed E-state index contributed by atoms with van der Waals surface area (Å²) < 4.78 is 0. The van der Waals surface area contributed by atoms with Crippen molar-refractivity contribution in [2.75, 3.05) is 0 Å². The van der Waals surface area contributed by atoms with Crippen LogP contribution >= 0.6 is 11.6 Å². The summed E-state index contributed by atoms with van der Waals surface area (Å²) in [6.45, 7) is 7.79. The van der Waals surface area contributed by atoms with E-state index >= 15 is 0 Å². The molecule has 0 bridgehead atoms. The van der Waals surface area contributed by atoms with Crippen molar-refractivity contribution < 1.29 is 9.59 Å². The Balaban J connectivity index is 2.25. The summed E-state index contributed by atoms with van der Waals surface area (Å²) >= 11 is 6.29. The van der Waals surface area contributed by atoms with Crippen molar-refractivity contribution in [3.8, 4) is 0 Å². The number of amides is 2. The first-order valence-electron chi connectivity index (χ1n) is 9.06. The minimum Gasteiger partial charge on any atom is -0.350 e. The number of halogens is 1. The van der Waals surface area contributed by atoms with E-state index in [0.717, 1.165) is 11.1 Å². The third-order valence-corrected chi connectivity index (χ3v) is 4.53. The molecule has 0 aliphatic carbocycles. The summed E-state index contributed by atoms with van der Waals surface area (Å²) in [5.41, 5.74) is 1.36. The number of benzene rings is 2. The van der Waals surface area contributed by atoms with Gasteiger partial charge in [-0.3, -0.25) is 9.59 Å². The number of rotatable bonds is 6. The standard InChI is InChI=1S/C22H27ClN2O2/c1-16(21(27)24-22(2,3)4)25(15-18-12-8-9-13-19(18)23)20(26)14-17-10-6-5-7-11-17/h5-13,16H,14-15H2,1-4H3,(H,24,27)/t16-/m0/s1. The molecule has 0 spiro atoms. The highest BCUT2D eigenvalue weighted by molar-refractivity contribution is 6.31. The van der Waals surface area contributed by atoms with E-state index in [0.29, 0.717) is 5.02 Å². The van der Waals surface area contributed by atoms with Gasteiger partial charge >= 0.3 is 0 Å². The molecule has 144 valence electrons. The van der Waals surface area contributed by atoms with Crippen LogP contribution in [-0.4, -0.2) is 28.3 Å². The van der Waals surface area contributed by atoms with Crippen LogP contribution in [0.5, 0.6) is 0 Å². The zero-order valence-electron chi connectivity index (χ0n) is 16.3. The first kappa shape index (κ1) is 21.0. The molecule has 2 amide bonds. The third-order valence-electron chi connectivity index (χ3n) is 4.16. The first-order chi connectivity index (χ1) is 12.7. The zero-order valence-corrected chi connectivity index (χ0v) is 17.1.